The molecular weight excluding hydrogens is 319 g/mol. The van der Waals surface area contributed by atoms with Gasteiger partial charge >= 0.3 is 0 Å². The average Bonchev–Trinajstić information content (AvgIpc) is 2.20. The molecule has 2 N–H and O–H groups in total. The molecule has 0 spiro atoms. The van der Waals surface area contributed by atoms with Crippen LogP contribution in [0.25, 0.3) is 0 Å². The van der Waals surface area contributed by atoms with Gasteiger partial charge in [-0.15, -0.1) is 0 Å². The van der Waals surface area contributed by atoms with Crippen LogP contribution in [-0.2, 0) is 4.79 Å². The smallest absolute Gasteiger partial charge is 0.222 e. The molecule has 0 aromatic carbocycles. The van der Waals surface area contributed by atoms with Crippen molar-refractivity contribution in [2.24, 2.45) is 0 Å². The minimum absolute atomic E-state index is 0.0352. The lowest BCUT2D eigenvalue weighted by Gasteiger charge is -2.08. The van der Waals surface area contributed by atoms with Gasteiger partial charge in [0.2, 0.25) is 11.9 Å². The van der Waals surface area contributed by atoms with Crippen LogP contribution in [0, 0.1) is 3.57 Å². The molecule has 0 saturated carbocycles. The van der Waals surface area contributed by atoms with Gasteiger partial charge in [-0.3, -0.25) is 4.79 Å². The molecule has 0 atom stereocenters. The SMILES string of the molecule is CC(C)NC(=O)CCNc1ncc(I)cn1. The summed E-state index contributed by atoms with van der Waals surface area (Å²) < 4.78 is 0.987. The molecule has 0 bridgehead atoms. The van der Waals surface area contributed by atoms with E-state index in [0.717, 1.165) is 3.57 Å². The Morgan fingerprint density at radius 2 is 2.06 bits per heavy atom. The van der Waals surface area contributed by atoms with E-state index in [1.165, 1.54) is 0 Å². The van der Waals surface area contributed by atoms with Gasteiger partial charge in [0, 0.05) is 35.0 Å². The van der Waals surface area contributed by atoms with Crippen molar-refractivity contribution in [2.75, 3.05) is 11.9 Å². The average molecular weight is 334 g/mol. The van der Waals surface area contributed by atoms with E-state index in [0.29, 0.717) is 18.9 Å². The van der Waals surface area contributed by atoms with E-state index >= 15 is 0 Å². The quantitative estimate of drug-likeness (QED) is 0.799. The first-order valence-electron chi connectivity index (χ1n) is 5.08. The highest BCUT2D eigenvalue weighted by molar-refractivity contribution is 14.1. The summed E-state index contributed by atoms with van der Waals surface area (Å²) in [5, 5.41) is 5.81. The molecule has 0 aliphatic rings. The van der Waals surface area contributed by atoms with Gasteiger partial charge in [-0.2, -0.15) is 0 Å². The predicted molar refractivity (Wildman–Crippen MR) is 71.1 cm³/mol. The number of anilines is 1. The van der Waals surface area contributed by atoms with E-state index in [1.54, 1.807) is 12.4 Å². The van der Waals surface area contributed by atoms with Crippen LogP contribution >= 0.6 is 22.6 Å². The van der Waals surface area contributed by atoms with E-state index in [2.05, 4.69) is 43.2 Å². The van der Waals surface area contributed by atoms with Crippen molar-refractivity contribution in [2.45, 2.75) is 26.3 Å². The summed E-state index contributed by atoms with van der Waals surface area (Å²) in [5.41, 5.74) is 0. The van der Waals surface area contributed by atoms with Crippen LogP contribution < -0.4 is 10.6 Å². The third-order valence-corrected chi connectivity index (χ3v) is 2.26. The maximum atomic E-state index is 11.3. The zero-order valence-electron chi connectivity index (χ0n) is 9.33. The highest BCUT2D eigenvalue weighted by Crippen LogP contribution is 2.02. The zero-order valence-corrected chi connectivity index (χ0v) is 11.5. The fourth-order valence-corrected chi connectivity index (χ4v) is 1.36. The molecule has 0 aliphatic heterocycles. The lowest BCUT2D eigenvalue weighted by Crippen LogP contribution is -2.31. The van der Waals surface area contributed by atoms with Crippen molar-refractivity contribution in [1.82, 2.24) is 15.3 Å². The van der Waals surface area contributed by atoms with Gasteiger partial charge in [-0.1, -0.05) is 0 Å². The van der Waals surface area contributed by atoms with Gasteiger partial charge in [0.25, 0.3) is 0 Å². The van der Waals surface area contributed by atoms with Gasteiger partial charge < -0.3 is 10.6 Å². The number of halogens is 1. The van der Waals surface area contributed by atoms with Crippen LogP contribution in [0.1, 0.15) is 20.3 Å². The van der Waals surface area contributed by atoms with Crippen LogP contribution in [0.2, 0.25) is 0 Å². The molecule has 0 saturated heterocycles. The lowest BCUT2D eigenvalue weighted by molar-refractivity contribution is -0.121. The van der Waals surface area contributed by atoms with Crippen LogP contribution in [0.5, 0.6) is 0 Å². The minimum Gasteiger partial charge on any atom is -0.354 e. The third kappa shape index (κ3) is 5.24. The number of carbonyl (C=O) groups excluding carboxylic acids is 1. The first-order chi connectivity index (χ1) is 7.58. The number of hydrogen-bond acceptors (Lipinski definition) is 4. The van der Waals surface area contributed by atoms with Crippen molar-refractivity contribution >= 4 is 34.4 Å². The van der Waals surface area contributed by atoms with E-state index in [-0.39, 0.29) is 11.9 Å². The number of carbonyl (C=O) groups is 1. The Morgan fingerprint density at radius 1 is 1.44 bits per heavy atom. The molecular formula is C10H15IN4O. The number of hydrogen-bond donors (Lipinski definition) is 2. The molecule has 1 rings (SSSR count). The van der Waals surface area contributed by atoms with Crippen molar-refractivity contribution < 1.29 is 4.79 Å². The molecule has 16 heavy (non-hydrogen) atoms. The number of rotatable bonds is 5. The van der Waals surface area contributed by atoms with Gasteiger partial charge in [-0.25, -0.2) is 9.97 Å². The van der Waals surface area contributed by atoms with Crippen molar-refractivity contribution in [3.05, 3.63) is 16.0 Å². The fraction of sp³-hybridized carbons (Fsp3) is 0.500. The Kier molecular flexibility index (Phi) is 5.44. The molecule has 88 valence electrons. The second-order valence-corrected chi connectivity index (χ2v) is 4.87. The van der Waals surface area contributed by atoms with E-state index in [9.17, 15) is 4.79 Å². The lowest BCUT2D eigenvalue weighted by atomic mass is 10.3. The van der Waals surface area contributed by atoms with Crippen molar-refractivity contribution in [3.8, 4) is 0 Å². The Labute approximate surface area is 109 Å². The van der Waals surface area contributed by atoms with Crippen LogP contribution in [0.4, 0.5) is 5.95 Å². The molecule has 1 amide bonds. The van der Waals surface area contributed by atoms with E-state index in [4.69, 9.17) is 0 Å². The predicted octanol–water partition coefficient (Wildman–Crippen LogP) is 1.41. The molecule has 1 aromatic heterocycles. The highest BCUT2D eigenvalue weighted by Gasteiger charge is 2.03. The van der Waals surface area contributed by atoms with E-state index in [1.807, 2.05) is 13.8 Å². The first-order valence-corrected chi connectivity index (χ1v) is 6.16. The van der Waals surface area contributed by atoms with Crippen LogP contribution in [0.15, 0.2) is 12.4 Å². The second kappa shape index (κ2) is 6.62. The largest absolute Gasteiger partial charge is 0.354 e. The number of aromatic nitrogens is 2. The molecule has 6 heteroatoms. The molecule has 0 fully saturated rings. The van der Waals surface area contributed by atoms with Crippen LogP contribution in [-0.4, -0.2) is 28.5 Å². The Morgan fingerprint density at radius 3 is 2.62 bits per heavy atom. The summed E-state index contributed by atoms with van der Waals surface area (Å²) in [7, 11) is 0. The van der Waals surface area contributed by atoms with Gasteiger partial charge in [0.15, 0.2) is 0 Å². The number of amides is 1. The fourth-order valence-electron chi connectivity index (χ4n) is 1.09. The Hall–Kier alpha value is -0.920. The molecule has 1 aromatic rings. The monoisotopic (exact) mass is 334 g/mol. The maximum absolute atomic E-state index is 11.3. The Bertz CT molecular complexity index is 339. The summed E-state index contributed by atoms with van der Waals surface area (Å²) in [6.07, 6.45) is 3.88. The summed E-state index contributed by atoms with van der Waals surface area (Å²) in [6.45, 7) is 4.42. The Balaban J connectivity index is 2.25. The molecule has 0 unspecified atom stereocenters. The molecule has 0 radical (unpaired) electrons. The summed E-state index contributed by atoms with van der Waals surface area (Å²) in [5.74, 6) is 0.589. The standard InChI is InChI=1S/C10H15IN4O/c1-7(2)15-9(16)3-4-12-10-13-5-8(11)6-14-10/h5-7H,3-4H2,1-2H3,(H,15,16)(H,12,13,14). The van der Waals surface area contributed by atoms with Gasteiger partial charge in [0.05, 0.1) is 0 Å². The summed E-state index contributed by atoms with van der Waals surface area (Å²) in [6, 6.07) is 0.182. The zero-order chi connectivity index (χ0) is 12.0. The first kappa shape index (κ1) is 13.1. The third-order valence-electron chi connectivity index (χ3n) is 1.71. The summed E-state index contributed by atoms with van der Waals surface area (Å²) >= 11 is 2.14. The van der Waals surface area contributed by atoms with E-state index < -0.39 is 0 Å². The van der Waals surface area contributed by atoms with Crippen molar-refractivity contribution in [3.63, 3.8) is 0 Å². The van der Waals surface area contributed by atoms with Crippen LogP contribution in [0.3, 0.4) is 0 Å². The summed E-state index contributed by atoms with van der Waals surface area (Å²) in [4.78, 5) is 19.5. The molecule has 5 nitrogen and oxygen atoms in total. The number of nitrogens with zero attached hydrogens (tertiary/aromatic N) is 2. The molecule has 1 heterocycles. The topological polar surface area (TPSA) is 66.9 Å². The van der Waals surface area contributed by atoms with Gasteiger partial charge in [0.1, 0.15) is 0 Å². The normalized spacial score (nSPS) is 10.2. The molecule has 0 aliphatic carbocycles. The second-order valence-electron chi connectivity index (χ2n) is 3.62. The number of nitrogens with one attached hydrogen (secondary N) is 2. The highest BCUT2D eigenvalue weighted by atomic mass is 127. The maximum Gasteiger partial charge on any atom is 0.222 e. The van der Waals surface area contributed by atoms with Crippen molar-refractivity contribution in [1.29, 1.82) is 0 Å². The van der Waals surface area contributed by atoms with Gasteiger partial charge in [-0.05, 0) is 36.4 Å². The minimum atomic E-state index is 0.0352.